The molecule has 0 fully saturated rings. The molecule has 0 aliphatic carbocycles. The minimum absolute atomic E-state index is 0.0470. The lowest BCUT2D eigenvalue weighted by atomic mass is 10.0. The van der Waals surface area contributed by atoms with Gasteiger partial charge < -0.3 is 20.1 Å². The summed E-state index contributed by atoms with van der Waals surface area (Å²) in [5.41, 5.74) is 5.63. The van der Waals surface area contributed by atoms with E-state index in [0.29, 0.717) is 31.7 Å². The smallest absolute Gasteiger partial charge is 0.306 e. The normalized spacial score (nSPS) is 11.4. The van der Waals surface area contributed by atoms with Crippen LogP contribution in [0.2, 0.25) is 0 Å². The fraction of sp³-hybridized carbons (Fsp3) is 0.872. The molecule has 0 atom stereocenters. The molecule has 0 saturated heterocycles. The van der Waals surface area contributed by atoms with Crippen molar-refractivity contribution in [2.24, 2.45) is 5.73 Å². The maximum atomic E-state index is 12.8. The molecule has 0 heterocycles. The highest BCUT2D eigenvalue weighted by Crippen LogP contribution is 2.18. The number of carbonyl (C=O) groups is 3. The van der Waals surface area contributed by atoms with Crippen LogP contribution in [0.1, 0.15) is 181 Å². The molecule has 0 spiro atoms. The van der Waals surface area contributed by atoms with E-state index in [1.807, 2.05) is 11.0 Å². The minimum Gasteiger partial charge on any atom is -0.462 e. The van der Waals surface area contributed by atoms with E-state index in [9.17, 15) is 14.4 Å². The maximum absolute atomic E-state index is 12.8. The Morgan fingerprint density at radius 3 is 1.70 bits per heavy atom. The standard InChI is InChI=1S/C39H74N2O5S/c1-4-7-10-13-14-19-26-34-45-37(42)29-22-15-17-24-32-41(39(44)47-35-31-40)33-25-18-16-23-30-38(43)46-36(27-20-11-8-5-2)28-21-12-9-6-3/h19,26,36H,4-18,20-25,27-35,40H2,1-3H3/b26-19-. The number of nitrogens with zero attached hydrogens (tertiary/aromatic N) is 1. The number of esters is 2. The van der Waals surface area contributed by atoms with Gasteiger partial charge in [0.25, 0.3) is 5.24 Å². The van der Waals surface area contributed by atoms with Crippen LogP contribution in [0.4, 0.5) is 4.79 Å². The fourth-order valence-electron chi connectivity index (χ4n) is 5.58. The van der Waals surface area contributed by atoms with Crippen LogP contribution in [0.5, 0.6) is 0 Å². The maximum Gasteiger partial charge on any atom is 0.306 e. The summed E-state index contributed by atoms with van der Waals surface area (Å²) in [6, 6.07) is 0. The molecule has 7 nitrogen and oxygen atoms in total. The Bertz CT molecular complexity index is 752. The van der Waals surface area contributed by atoms with Gasteiger partial charge in [-0.05, 0) is 64.2 Å². The van der Waals surface area contributed by atoms with E-state index in [0.717, 1.165) is 96.6 Å². The number of unbranched alkanes of at least 4 members (excludes halogenated alkanes) is 16. The second-order valence-electron chi connectivity index (χ2n) is 13.0. The molecule has 2 N–H and O–H groups in total. The van der Waals surface area contributed by atoms with Crippen LogP contribution in [0.25, 0.3) is 0 Å². The van der Waals surface area contributed by atoms with Crippen LogP contribution in [0.15, 0.2) is 12.2 Å². The summed E-state index contributed by atoms with van der Waals surface area (Å²) in [5, 5.41) is 0.102. The number of nitrogens with two attached hydrogens (primary N) is 1. The predicted molar refractivity (Wildman–Crippen MR) is 201 cm³/mol. The van der Waals surface area contributed by atoms with Crippen molar-refractivity contribution < 1.29 is 23.9 Å². The van der Waals surface area contributed by atoms with E-state index in [1.165, 1.54) is 76.0 Å². The summed E-state index contributed by atoms with van der Waals surface area (Å²) in [7, 11) is 0. The van der Waals surface area contributed by atoms with Gasteiger partial charge in [0.2, 0.25) is 0 Å². The third-order valence-electron chi connectivity index (χ3n) is 8.51. The topological polar surface area (TPSA) is 98.9 Å². The van der Waals surface area contributed by atoms with Crippen molar-refractivity contribution in [2.75, 3.05) is 32.0 Å². The first-order valence-corrected chi connectivity index (χ1v) is 20.6. The van der Waals surface area contributed by atoms with Gasteiger partial charge in [0, 0.05) is 38.2 Å². The van der Waals surface area contributed by atoms with Gasteiger partial charge in [-0.3, -0.25) is 14.4 Å². The Kier molecular flexibility index (Phi) is 34.6. The molecule has 8 heteroatoms. The first kappa shape index (κ1) is 45.5. The summed E-state index contributed by atoms with van der Waals surface area (Å²) in [5.74, 6) is 0.453. The molecule has 0 aromatic carbocycles. The van der Waals surface area contributed by atoms with Gasteiger partial charge in [0.1, 0.15) is 12.7 Å². The van der Waals surface area contributed by atoms with E-state index in [4.69, 9.17) is 15.2 Å². The fourth-order valence-corrected chi connectivity index (χ4v) is 6.23. The van der Waals surface area contributed by atoms with E-state index < -0.39 is 0 Å². The Hall–Kier alpha value is -1.54. The SMILES string of the molecule is CCCCCC/C=C\COC(=O)CCCCCCN(CCCCCCC(=O)OC(CCCCCC)CCCCCC)C(=O)SCCN. The van der Waals surface area contributed by atoms with Gasteiger partial charge in [-0.2, -0.15) is 0 Å². The molecular weight excluding hydrogens is 609 g/mol. The largest absolute Gasteiger partial charge is 0.462 e. The summed E-state index contributed by atoms with van der Waals surface area (Å²) >= 11 is 1.30. The number of carbonyl (C=O) groups excluding carboxylic acids is 3. The van der Waals surface area contributed by atoms with Crippen molar-refractivity contribution in [1.82, 2.24) is 4.90 Å². The second-order valence-corrected chi connectivity index (χ2v) is 14.1. The van der Waals surface area contributed by atoms with Gasteiger partial charge in [-0.25, -0.2) is 0 Å². The number of allylic oxidation sites excluding steroid dienone is 1. The van der Waals surface area contributed by atoms with Crippen molar-refractivity contribution in [3.05, 3.63) is 12.2 Å². The summed E-state index contributed by atoms with van der Waals surface area (Å²) in [6.45, 7) is 8.98. The highest BCUT2D eigenvalue weighted by molar-refractivity contribution is 8.13. The minimum atomic E-state index is -0.131. The molecule has 0 bridgehead atoms. The molecule has 0 aliphatic heterocycles. The molecule has 0 aromatic heterocycles. The number of thioether (sulfide) groups is 1. The van der Waals surface area contributed by atoms with E-state index in [1.54, 1.807) is 0 Å². The Balaban J connectivity index is 4.23. The average Bonchev–Trinajstić information content (AvgIpc) is 3.06. The third-order valence-corrected chi connectivity index (χ3v) is 9.45. The summed E-state index contributed by atoms with van der Waals surface area (Å²) in [4.78, 5) is 39.3. The van der Waals surface area contributed by atoms with E-state index in [-0.39, 0.29) is 23.3 Å². The molecule has 0 aromatic rings. The number of rotatable bonds is 34. The Morgan fingerprint density at radius 1 is 0.638 bits per heavy atom. The van der Waals surface area contributed by atoms with Crippen molar-refractivity contribution in [2.45, 2.75) is 187 Å². The van der Waals surface area contributed by atoms with Gasteiger partial charge in [0.05, 0.1) is 0 Å². The van der Waals surface area contributed by atoms with E-state index in [2.05, 4.69) is 26.8 Å². The number of amides is 1. The Labute approximate surface area is 294 Å². The predicted octanol–water partition coefficient (Wildman–Crippen LogP) is 10.9. The molecular formula is C39H74N2O5S. The molecule has 47 heavy (non-hydrogen) atoms. The highest BCUT2D eigenvalue weighted by Gasteiger charge is 2.15. The average molecular weight is 683 g/mol. The number of hydrogen-bond acceptors (Lipinski definition) is 7. The van der Waals surface area contributed by atoms with Crippen molar-refractivity contribution >= 4 is 28.9 Å². The molecule has 0 aliphatic rings. The van der Waals surface area contributed by atoms with Crippen LogP contribution in [-0.2, 0) is 19.1 Å². The zero-order valence-electron chi connectivity index (χ0n) is 30.9. The second kappa shape index (κ2) is 35.8. The summed E-state index contributed by atoms with van der Waals surface area (Å²) in [6.07, 6.45) is 30.2. The van der Waals surface area contributed by atoms with Crippen molar-refractivity contribution in [3.8, 4) is 0 Å². The molecule has 276 valence electrons. The number of hydrogen-bond donors (Lipinski definition) is 1. The van der Waals surface area contributed by atoms with Crippen LogP contribution >= 0.6 is 11.8 Å². The summed E-state index contributed by atoms with van der Waals surface area (Å²) < 4.78 is 11.2. The third kappa shape index (κ3) is 31.5. The Morgan fingerprint density at radius 2 is 1.15 bits per heavy atom. The van der Waals surface area contributed by atoms with Gasteiger partial charge in [-0.1, -0.05) is 128 Å². The van der Waals surface area contributed by atoms with Gasteiger partial charge in [0.15, 0.2) is 0 Å². The van der Waals surface area contributed by atoms with Crippen LogP contribution in [0, 0.1) is 0 Å². The van der Waals surface area contributed by atoms with E-state index >= 15 is 0 Å². The zero-order chi connectivity index (χ0) is 34.6. The lowest BCUT2D eigenvalue weighted by Crippen LogP contribution is -2.30. The van der Waals surface area contributed by atoms with Gasteiger partial charge in [-0.15, -0.1) is 0 Å². The molecule has 0 rings (SSSR count). The molecule has 1 amide bonds. The highest BCUT2D eigenvalue weighted by atomic mass is 32.2. The van der Waals surface area contributed by atoms with Crippen molar-refractivity contribution in [1.29, 1.82) is 0 Å². The van der Waals surface area contributed by atoms with Crippen LogP contribution < -0.4 is 5.73 Å². The zero-order valence-corrected chi connectivity index (χ0v) is 31.7. The molecule has 0 unspecified atom stereocenters. The monoisotopic (exact) mass is 683 g/mol. The first-order chi connectivity index (χ1) is 23.0. The lowest BCUT2D eigenvalue weighted by molar-refractivity contribution is -0.150. The van der Waals surface area contributed by atoms with Crippen molar-refractivity contribution in [3.63, 3.8) is 0 Å². The van der Waals surface area contributed by atoms with Crippen LogP contribution in [0.3, 0.4) is 0 Å². The number of ether oxygens (including phenoxy) is 2. The molecule has 0 saturated carbocycles. The quantitative estimate of drug-likeness (QED) is 0.0409. The molecule has 0 radical (unpaired) electrons. The van der Waals surface area contributed by atoms with Gasteiger partial charge >= 0.3 is 11.9 Å². The van der Waals surface area contributed by atoms with Crippen LogP contribution in [-0.4, -0.2) is 60.2 Å². The first-order valence-electron chi connectivity index (χ1n) is 19.6. The lowest BCUT2D eigenvalue weighted by Gasteiger charge is -2.22.